The van der Waals surface area contributed by atoms with Gasteiger partial charge in [-0.15, -0.1) is 0 Å². The summed E-state index contributed by atoms with van der Waals surface area (Å²) in [5, 5.41) is 0. The van der Waals surface area contributed by atoms with E-state index in [1.54, 1.807) is 66.7 Å². The summed E-state index contributed by atoms with van der Waals surface area (Å²) in [5.74, 6) is 1.19. The number of rotatable bonds is 7. The topological polar surface area (TPSA) is 77.5 Å². The van der Waals surface area contributed by atoms with Crippen molar-refractivity contribution in [2.45, 2.75) is 39.3 Å². The first-order valence-corrected chi connectivity index (χ1v) is 13.7. The molecule has 0 aliphatic carbocycles. The van der Waals surface area contributed by atoms with Crippen LogP contribution in [0.2, 0.25) is 0 Å². The van der Waals surface area contributed by atoms with E-state index in [4.69, 9.17) is 4.74 Å². The van der Waals surface area contributed by atoms with Gasteiger partial charge in [-0.25, -0.2) is 16.8 Å². The van der Waals surface area contributed by atoms with Crippen molar-refractivity contribution in [3.05, 3.63) is 109 Å². The standard InChI is InChI=1S/C27H24O5S2/c1-20(2)21-8-14-25(15-9-21)34(30,31)27-18-12-23(13-19-27)32-22-10-16-26(17-11-22)33(28,29)24-6-4-3-5-7-24/h3-20H,1-2H3. The first-order valence-electron chi connectivity index (χ1n) is 10.7. The third kappa shape index (κ3) is 4.90. The lowest BCUT2D eigenvalue weighted by Crippen LogP contribution is -2.02. The zero-order valence-corrected chi connectivity index (χ0v) is 20.4. The molecule has 0 saturated heterocycles. The Morgan fingerprint density at radius 2 is 0.853 bits per heavy atom. The van der Waals surface area contributed by atoms with Crippen LogP contribution in [-0.2, 0) is 19.7 Å². The molecule has 0 saturated carbocycles. The van der Waals surface area contributed by atoms with Gasteiger partial charge in [-0.3, -0.25) is 0 Å². The zero-order chi connectivity index (χ0) is 24.3. The van der Waals surface area contributed by atoms with Crippen LogP contribution in [0, 0.1) is 0 Å². The summed E-state index contributed by atoms with van der Waals surface area (Å²) >= 11 is 0. The lowest BCUT2D eigenvalue weighted by molar-refractivity contribution is 0.481. The van der Waals surface area contributed by atoms with Gasteiger partial charge in [0.05, 0.1) is 19.6 Å². The van der Waals surface area contributed by atoms with Crippen LogP contribution in [0.25, 0.3) is 0 Å². The second-order valence-corrected chi connectivity index (χ2v) is 12.0. The summed E-state index contributed by atoms with van der Waals surface area (Å²) in [6, 6.07) is 27.4. The molecule has 7 heteroatoms. The molecule has 0 fully saturated rings. The van der Waals surface area contributed by atoms with E-state index in [1.807, 2.05) is 12.1 Å². The van der Waals surface area contributed by atoms with Gasteiger partial charge in [0.15, 0.2) is 0 Å². The molecular weight excluding hydrogens is 468 g/mol. The fourth-order valence-corrected chi connectivity index (χ4v) is 5.96. The summed E-state index contributed by atoms with van der Waals surface area (Å²) in [6.07, 6.45) is 0. The van der Waals surface area contributed by atoms with Crippen molar-refractivity contribution in [3.8, 4) is 11.5 Å². The smallest absolute Gasteiger partial charge is 0.206 e. The van der Waals surface area contributed by atoms with Crippen LogP contribution >= 0.6 is 0 Å². The van der Waals surface area contributed by atoms with E-state index in [0.717, 1.165) is 5.56 Å². The molecule has 0 bridgehead atoms. The lowest BCUT2D eigenvalue weighted by atomic mass is 10.0. The maximum Gasteiger partial charge on any atom is 0.206 e. The highest BCUT2D eigenvalue weighted by Gasteiger charge is 2.19. The van der Waals surface area contributed by atoms with Crippen LogP contribution in [0.3, 0.4) is 0 Å². The Morgan fingerprint density at radius 3 is 1.24 bits per heavy atom. The Morgan fingerprint density at radius 1 is 0.500 bits per heavy atom. The average Bonchev–Trinajstić information content (AvgIpc) is 2.85. The van der Waals surface area contributed by atoms with Crippen LogP contribution in [0.15, 0.2) is 123 Å². The van der Waals surface area contributed by atoms with Gasteiger partial charge in [0.1, 0.15) is 11.5 Å². The SMILES string of the molecule is CC(C)c1ccc(S(=O)(=O)c2ccc(Oc3ccc(S(=O)(=O)c4ccccc4)cc3)cc2)cc1. The molecule has 0 N–H and O–H groups in total. The van der Waals surface area contributed by atoms with E-state index in [0.29, 0.717) is 17.4 Å². The second kappa shape index (κ2) is 9.44. The molecule has 0 spiro atoms. The van der Waals surface area contributed by atoms with E-state index in [2.05, 4.69) is 13.8 Å². The normalized spacial score (nSPS) is 12.0. The van der Waals surface area contributed by atoms with Crippen LogP contribution in [-0.4, -0.2) is 16.8 Å². The van der Waals surface area contributed by atoms with Crippen molar-refractivity contribution in [2.75, 3.05) is 0 Å². The Bertz CT molecular complexity index is 1470. The largest absolute Gasteiger partial charge is 0.457 e. The molecule has 0 amide bonds. The first-order chi connectivity index (χ1) is 16.2. The van der Waals surface area contributed by atoms with Gasteiger partial charge >= 0.3 is 0 Å². The highest BCUT2D eigenvalue weighted by molar-refractivity contribution is 7.91. The quantitative estimate of drug-likeness (QED) is 0.304. The predicted octanol–water partition coefficient (Wildman–Crippen LogP) is 6.27. The van der Waals surface area contributed by atoms with Crippen LogP contribution in [0.1, 0.15) is 25.3 Å². The molecule has 34 heavy (non-hydrogen) atoms. The van der Waals surface area contributed by atoms with Gasteiger partial charge < -0.3 is 4.74 Å². The minimum absolute atomic E-state index is 0.163. The summed E-state index contributed by atoms with van der Waals surface area (Å²) in [6.45, 7) is 4.11. The number of sulfone groups is 2. The molecular formula is C27H24O5S2. The molecule has 0 aliphatic rings. The van der Waals surface area contributed by atoms with Crippen molar-refractivity contribution >= 4 is 19.7 Å². The summed E-state index contributed by atoms with van der Waals surface area (Å²) in [4.78, 5) is 0.789. The number of benzene rings is 4. The van der Waals surface area contributed by atoms with Gasteiger partial charge in [-0.1, -0.05) is 44.2 Å². The van der Waals surface area contributed by atoms with E-state index in [1.165, 1.54) is 24.3 Å². The van der Waals surface area contributed by atoms with Gasteiger partial charge in [0, 0.05) is 0 Å². The van der Waals surface area contributed by atoms with Gasteiger partial charge in [-0.2, -0.15) is 0 Å². The van der Waals surface area contributed by atoms with Crippen LogP contribution in [0.5, 0.6) is 11.5 Å². The molecule has 174 valence electrons. The second-order valence-electron chi connectivity index (χ2n) is 8.09. The molecule has 4 aromatic carbocycles. The van der Waals surface area contributed by atoms with Crippen molar-refractivity contribution in [1.82, 2.24) is 0 Å². The maximum absolute atomic E-state index is 12.9. The highest BCUT2D eigenvalue weighted by atomic mass is 32.2. The number of hydrogen-bond donors (Lipinski definition) is 0. The molecule has 0 aromatic heterocycles. The highest BCUT2D eigenvalue weighted by Crippen LogP contribution is 2.28. The Hall–Kier alpha value is -3.42. The molecule has 0 atom stereocenters. The van der Waals surface area contributed by atoms with Gasteiger partial charge in [0.25, 0.3) is 0 Å². The fraction of sp³-hybridized carbons (Fsp3) is 0.111. The third-order valence-corrected chi connectivity index (χ3v) is 8.99. The summed E-state index contributed by atoms with van der Waals surface area (Å²) in [7, 11) is -7.25. The van der Waals surface area contributed by atoms with Crippen LogP contribution in [0.4, 0.5) is 0 Å². The zero-order valence-electron chi connectivity index (χ0n) is 18.8. The molecule has 5 nitrogen and oxygen atoms in total. The molecule has 4 rings (SSSR count). The minimum Gasteiger partial charge on any atom is -0.457 e. The lowest BCUT2D eigenvalue weighted by Gasteiger charge is -2.10. The van der Waals surface area contributed by atoms with E-state index in [9.17, 15) is 16.8 Å². The van der Waals surface area contributed by atoms with Crippen molar-refractivity contribution in [1.29, 1.82) is 0 Å². The first kappa shape index (κ1) is 23.7. The Kier molecular flexibility index (Phi) is 6.59. The fourth-order valence-electron chi connectivity index (χ4n) is 3.41. The van der Waals surface area contributed by atoms with E-state index in [-0.39, 0.29) is 19.6 Å². The van der Waals surface area contributed by atoms with Crippen molar-refractivity contribution < 1.29 is 21.6 Å². The number of hydrogen-bond acceptors (Lipinski definition) is 5. The van der Waals surface area contributed by atoms with Crippen molar-refractivity contribution in [2.24, 2.45) is 0 Å². The molecule has 0 unspecified atom stereocenters. The van der Waals surface area contributed by atoms with Gasteiger partial charge in [-0.05, 0) is 84.3 Å². The molecule has 0 heterocycles. The number of ether oxygens (including phenoxy) is 1. The predicted molar refractivity (Wildman–Crippen MR) is 131 cm³/mol. The monoisotopic (exact) mass is 492 g/mol. The van der Waals surface area contributed by atoms with E-state index < -0.39 is 19.7 Å². The maximum atomic E-state index is 12.9. The van der Waals surface area contributed by atoms with Crippen LogP contribution < -0.4 is 4.74 Å². The molecule has 0 aliphatic heterocycles. The van der Waals surface area contributed by atoms with Crippen molar-refractivity contribution in [3.63, 3.8) is 0 Å². The minimum atomic E-state index is -3.64. The summed E-state index contributed by atoms with van der Waals surface area (Å²) in [5.41, 5.74) is 1.07. The third-order valence-electron chi connectivity index (χ3n) is 5.41. The molecule has 4 aromatic rings. The Balaban J connectivity index is 1.49. The Labute approximate surface area is 200 Å². The average molecular weight is 493 g/mol. The molecule has 0 radical (unpaired) electrons. The summed E-state index contributed by atoms with van der Waals surface area (Å²) < 4.78 is 57.1. The van der Waals surface area contributed by atoms with E-state index >= 15 is 0 Å². The van der Waals surface area contributed by atoms with Gasteiger partial charge in [0.2, 0.25) is 19.7 Å².